The number of aromatic nitrogens is 1. The van der Waals surface area contributed by atoms with Crippen LogP contribution in [0.15, 0.2) is 39.8 Å². The van der Waals surface area contributed by atoms with Gasteiger partial charge in [0.25, 0.3) is 15.9 Å². The Morgan fingerprint density at radius 1 is 1.42 bits per heavy atom. The van der Waals surface area contributed by atoms with E-state index >= 15 is 0 Å². The van der Waals surface area contributed by atoms with Gasteiger partial charge >= 0.3 is 0 Å². The van der Waals surface area contributed by atoms with Crippen LogP contribution in [0.5, 0.6) is 5.75 Å². The predicted octanol–water partition coefficient (Wildman–Crippen LogP) is -0.406. The van der Waals surface area contributed by atoms with Crippen molar-refractivity contribution in [3.05, 3.63) is 35.6 Å². The van der Waals surface area contributed by atoms with Crippen LogP contribution in [0.1, 0.15) is 10.5 Å². The highest BCUT2D eigenvalue weighted by atomic mass is 32.2. The van der Waals surface area contributed by atoms with Gasteiger partial charge < -0.3 is 15.5 Å². The molecule has 3 heterocycles. The van der Waals surface area contributed by atoms with Crippen molar-refractivity contribution in [1.82, 2.24) is 9.71 Å². The summed E-state index contributed by atoms with van der Waals surface area (Å²) in [6.07, 6.45) is 5.23. The standard InChI is InChI=1S/C10H8N4O4S/c11-10(15)8-9-7(3-13-8)19(16,17)14-6-2-12-1-5(6)4-18-9/h1-4,13-14H,(H2,11,15). The summed E-state index contributed by atoms with van der Waals surface area (Å²) >= 11 is 0. The molecule has 0 spiro atoms. The van der Waals surface area contributed by atoms with E-state index in [2.05, 4.69) is 14.7 Å². The highest BCUT2D eigenvalue weighted by Gasteiger charge is 2.30. The SMILES string of the molecule is NC(=O)c1[nH]cc2c1OC=C1C=NC=C1NS2(=O)=O. The number of primary amides is 1. The number of allylic oxidation sites excluding steroid dienone is 1. The van der Waals surface area contributed by atoms with Gasteiger partial charge in [-0.05, 0) is 0 Å². The lowest BCUT2D eigenvalue weighted by Crippen LogP contribution is -2.25. The van der Waals surface area contributed by atoms with Gasteiger partial charge in [-0.15, -0.1) is 0 Å². The Balaban J connectivity index is 2.22. The quantitative estimate of drug-likeness (QED) is 0.646. The van der Waals surface area contributed by atoms with E-state index in [1.165, 1.54) is 18.7 Å². The van der Waals surface area contributed by atoms with E-state index < -0.39 is 15.9 Å². The van der Waals surface area contributed by atoms with Crippen molar-refractivity contribution in [3.8, 4) is 5.75 Å². The molecule has 8 nitrogen and oxygen atoms in total. The fraction of sp³-hybridized carbons (Fsp3) is 0. The molecular formula is C10H8N4O4S. The Morgan fingerprint density at radius 3 is 2.95 bits per heavy atom. The number of aromatic amines is 1. The Hall–Kier alpha value is -2.55. The van der Waals surface area contributed by atoms with Crippen LogP contribution >= 0.6 is 0 Å². The van der Waals surface area contributed by atoms with E-state index in [9.17, 15) is 13.2 Å². The van der Waals surface area contributed by atoms with Gasteiger partial charge in [0.15, 0.2) is 5.75 Å². The molecule has 0 fully saturated rings. The number of aliphatic imine (C=N–C) groups is 1. The van der Waals surface area contributed by atoms with Gasteiger partial charge in [0.05, 0.1) is 17.5 Å². The molecule has 2 aliphatic heterocycles. The molecule has 9 heteroatoms. The number of fused-ring (bicyclic) bond motifs is 2. The predicted molar refractivity (Wildman–Crippen MR) is 64.9 cm³/mol. The number of nitrogens with two attached hydrogens (primary N) is 1. The summed E-state index contributed by atoms with van der Waals surface area (Å²) in [7, 11) is -3.87. The fourth-order valence-electron chi connectivity index (χ4n) is 1.73. The highest BCUT2D eigenvalue weighted by Crippen LogP contribution is 2.31. The van der Waals surface area contributed by atoms with Gasteiger partial charge in [-0.1, -0.05) is 0 Å². The van der Waals surface area contributed by atoms with Gasteiger partial charge in [0.2, 0.25) is 0 Å². The summed E-state index contributed by atoms with van der Waals surface area (Å²) in [6.45, 7) is 0. The molecule has 1 aromatic heterocycles. The molecule has 0 bridgehead atoms. The number of carbonyl (C=O) groups is 1. The average molecular weight is 280 g/mol. The zero-order chi connectivity index (χ0) is 13.6. The lowest BCUT2D eigenvalue weighted by molar-refractivity contribution is 0.0993. The maximum absolute atomic E-state index is 12.1. The van der Waals surface area contributed by atoms with Crippen LogP contribution in [0, 0.1) is 0 Å². The van der Waals surface area contributed by atoms with Crippen LogP contribution in [-0.2, 0) is 10.0 Å². The number of H-pyrrole nitrogens is 1. The van der Waals surface area contributed by atoms with Crippen LogP contribution in [0.2, 0.25) is 0 Å². The molecule has 98 valence electrons. The van der Waals surface area contributed by atoms with Crippen molar-refractivity contribution in [2.45, 2.75) is 4.90 Å². The Kier molecular flexibility index (Phi) is 2.26. The topological polar surface area (TPSA) is 127 Å². The fourth-order valence-corrected chi connectivity index (χ4v) is 2.91. The summed E-state index contributed by atoms with van der Waals surface area (Å²) in [5, 5.41) is 0. The highest BCUT2D eigenvalue weighted by molar-refractivity contribution is 7.89. The number of hydrogen-bond acceptors (Lipinski definition) is 5. The third-order valence-electron chi connectivity index (χ3n) is 2.61. The number of rotatable bonds is 1. The lowest BCUT2D eigenvalue weighted by Gasteiger charge is -2.13. The van der Waals surface area contributed by atoms with E-state index in [4.69, 9.17) is 10.5 Å². The van der Waals surface area contributed by atoms with Crippen LogP contribution < -0.4 is 15.2 Å². The third-order valence-corrected chi connectivity index (χ3v) is 3.98. The molecule has 0 unspecified atom stereocenters. The van der Waals surface area contributed by atoms with E-state index in [0.717, 1.165) is 6.20 Å². The molecule has 1 amide bonds. The summed E-state index contributed by atoms with van der Waals surface area (Å²) in [4.78, 5) is 17.3. The zero-order valence-corrected chi connectivity index (χ0v) is 10.2. The van der Waals surface area contributed by atoms with E-state index in [0.29, 0.717) is 11.3 Å². The number of hydrogen-bond donors (Lipinski definition) is 3. The smallest absolute Gasteiger partial charge is 0.269 e. The first kappa shape index (κ1) is 11.5. The molecule has 0 aliphatic carbocycles. The Bertz CT molecular complexity index is 769. The van der Waals surface area contributed by atoms with Crippen molar-refractivity contribution >= 4 is 22.1 Å². The zero-order valence-electron chi connectivity index (χ0n) is 9.38. The number of sulfonamides is 1. The minimum atomic E-state index is -3.87. The lowest BCUT2D eigenvalue weighted by atomic mass is 10.3. The van der Waals surface area contributed by atoms with E-state index in [1.807, 2.05) is 0 Å². The molecule has 3 rings (SSSR count). The van der Waals surface area contributed by atoms with Gasteiger partial charge in [0, 0.05) is 12.4 Å². The maximum Gasteiger partial charge on any atom is 0.269 e. The normalized spacial score (nSPS) is 18.9. The summed E-state index contributed by atoms with van der Waals surface area (Å²) in [6, 6.07) is 0. The molecule has 0 saturated carbocycles. The minimum Gasteiger partial charge on any atom is -0.460 e. The monoisotopic (exact) mass is 280 g/mol. The van der Waals surface area contributed by atoms with Gasteiger partial charge in [-0.2, -0.15) is 0 Å². The third kappa shape index (κ3) is 1.71. The van der Waals surface area contributed by atoms with Crippen LogP contribution in [0.4, 0.5) is 0 Å². The largest absolute Gasteiger partial charge is 0.460 e. The second kappa shape index (κ2) is 3.72. The van der Waals surface area contributed by atoms with Crippen LogP contribution in [0.25, 0.3) is 0 Å². The molecular weight excluding hydrogens is 272 g/mol. The van der Waals surface area contributed by atoms with Crippen molar-refractivity contribution in [3.63, 3.8) is 0 Å². The van der Waals surface area contributed by atoms with E-state index in [-0.39, 0.29) is 16.3 Å². The number of carbonyl (C=O) groups excluding carboxylic acids is 1. The first-order valence-electron chi connectivity index (χ1n) is 5.13. The summed E-state index contributed by atoms with van der Waals surface area (Å²) in [5.74, 6) is -0.946. The summed E-state index contributed by atoms with van der Waals surface area (Å²) < 4.78 is 31.9. The van der Waals surface area contributed by atoms with Crippen LogP contribution in [0.3, 0.4) is 0 Å². The van der Waals surface area contributed by atoms with Crippen LogP contribution in [-0.4, -0.2) is 25.5 Å². The maximum atomic E-state index is 12.1. The molecule has 0 radical (unpaired) electrons. The number of nitrogens with zero attached hydrogens (tertiary/aromatic N) is 1. The number of nitrogens with one attached hydrogen (secondary N) is 2. The molecule has 0 saturated heterocycles. The van der Waals surface area contributed by atoms with Crippen molar-refractivity contribution in [1.29, 1.82) is 0 Å². The molecule has 19 heavy (non-hydrogen) atoms. The molecule has 1 aromatic rings. The van der Waals surface area contributed by atoms with E-state index in [1.54, 1.807) is 0 Å². The second-order valence-electron chi connectivity index (χ2n) is 3.84. The summed E-state index contributed by atoms with van der Waals surface area (Å²) in [5.41, 5.74) is 5.78. The molecule has 4 N–H and O–H groups in total. The first-order chi connectivity index (χ1) is 8.99. The van der Waals surface area contributed by atoms with Crippen molar-refractivity contribution in [2.75, 3.05) is 0 Å². The molecule has 2 aliphatic rings. The number of amides is 1. The first-order valence-corrected chi connectivity index (χ1v) is 6.62. The van der Waals surface area contributed by atoms with Gasteiger partial charge in [-0.3, -0.25) is 14.5 Å². The van der Waals surface area contributed by atoms with Crippen molar-refractivity contribution in [2.24, 2.45) is 10.7 Å². The number of ether oxygens (including phenoxy) is 1. The van der Waals surface area contributed by atoms with Gasteiger partial charge in [0.1, 0.15) is 16.9 Å². The molecule has 0 aromatic carbocycles. The second-order valence-corrected chi connectivity index (χ2v) is 5.49. The van der Waals surface area contributed by atoms with Crippen molar-refractivity contribution < 1.29 is 17.9 Å². The Labute approximate surface area is 107 Å². The average Bonchev–Trinajstić information content (AvgIpc) is 2.90. The minimum absolute atomic E-state index is 0.111. The van der Waals surface area contributed by atoms with Gasteiger partial charge in [-0.25, -0.2) is 8.42 Å². The Morgan fingerprint density at radius 2 is 2.21 bits per heavy atom. The molecule has 0 atom stereocenters.